The molecule has 1 heterocycles. The Bertz CT molecular complexity index is 624. The molecule has 0 aliphatic rings. The number of anilines is 1. The predicted octanol–water partition coefficient (Wildman–Crippen LogP) is 1.60. The minimum Gasteiger partial charge on any atom is -0.358 e. The van der Waals surface area contributed by atoms with Crippen molar-refractivity contribution in [3.63, 3.8) is 0 Å². The molecule has 1 aromatic heterocycles. The van der Waals surface area contributed by atoms with Crippen LogP contribution in [-0.2, 0) is 13.6 Å². The zero-order valence-corrected chi connectivity index (χ0v) is 12.2. The summed E-state index contributed by atoms with van der Waals surface area (Å²) in [5.74, 6) is 0.970. The molecular weight excluding hydrogens is 270 g/mol. The number of nitro groups is 1. The molecule has 112 valence electrons. The molecule has 1 aromatic carbocycles. The van der Waals surface area contributed by atoms with Crippen LogP contribution in [0.5, 0.6) is 0 Å². The maximum atomic E-state index is 11.2. The topological polar surface area (TPSA) is 90.2 Å². The molecule has 0 aliphatic carbocycles. The number of aromatic nitrogens is 2. The molecular formula is C14H19N5O2. The summed E-state index contributed by atoms with van der Waals surface area (Å²) >= 11 is 0. The molecule has 0 radical (unpaired) electrons. The number of hydrogen-bond donors (Lipinski definition) is 1. The van der Waals surface area contributed by atoms with E-state index in [0.717, 1.165) is 5.56 Å². The highest BCUT2D eigenvalue weighted by Gasteiger charge is 2.28. The third-order valence-electron chi connectivity index (χ3n) is 3.36. The van der Waals surface area contributed by atoms with Crippen LogP contribution in [0.15, 0.2) is 30.3 Å². The summed E-state index contributed by atoms with van der Waals surface area (Å²) in [6, 6.07) is 9.79. The lowest BCUT2D eigenvalue weighted by Crippen LogP contribution is -2.31. The largest absolute Gasteiger partial charge is 0.406 e. The Morgan fingerprint density at radius 3 is 2.62 bits per heavy atom. The Morgan fingerprint density at radius 2 is 2.05 bits per heavy atom. The number of benzene rings is 1. The van der Waals surface area contributed by atoms with Gasteiger partial charge in [-0.2, -0.15) is 0 Å². The summed E-state index contributed by atoms with van der Waals surface area (Å²) < 4.78 is 1.73. The standard InChI is InChI=1S/C14H19N5O2/c1-11-16-13(19(20)21)14(17(11)2)18(9-8-15)10-12-6-4-3-5-7-12/h3-7H,8-10,15H2,1-2H3. The van der Waals surface area contributed by atoms with Crippen LogP contribution in [-0.4, -0.2) is 27.6 Å². The summed E-state index contributed by atoms with van der Waals surface area (Å²) in [7, 11) is 1.78. The lowest BCUT2D eigenvalue weighted by Gasteiger charge is -2.23. The van der Waals surface area contributed by atoms with Gasteiger partial charge in [-0.15, -0.1) is 0 Å². The molecule has 0 spiro atoms. The Labute approximate surface area is 123 Å². The highest BCUT2D eigenvalue weighted by molar-refractivity contribution is 5.56. The number of hydrogen-bond acceptors (Lipinski definition) is 5. The normalized spacial score (nSPS) is 10.6. The second-order valence-corrected chi connectivity index (χ2v) is 4.82. The lowest BCUT2D eigenvalue weighted by molar-refractivity contribution is -0.388. The number of aryl methyl sites for hydroxylation is 1. The molecule has 0 aliphatic heterocycles. The van der Waals surface area contributed by atoms with Gasteiger partial charge in [0.1, 0.15) is 0 Å². The fraction of sp³-hybridized carbons (Fsp3) is 0.357. The van der Waals surface area contributed by atoms with Gasteiger partial charge in [0.2, 0.25) is 11.6 Å². The Balaban J connectivity index is 2.40. The molecule has 0 bridgehead atoms. The molecule has 2 rings (SSSR count). The first-order chi connectivity index (χ1) is 10.0. The summed E-state index contributed by atoms with van der Waals surface area (Å²) in [5.41, 5.74) is 6.73. The van der Waals surface area contributed by atoms with E-state index in [1.165, 1.54) is 0 Å². The van der Waals surface area contributed by atoms with E-state index in [1.807, 2.05) is 35.2 Å². The first-order valence-corrected chi connectivity index (χ1v) is 6.71. The molecule has 0 fully saturated rings. The van der Waals surface area contributed by atoms with Crippen molar-refractivity contribution >= 4 is 11.6 Å². The van der Waals surface area contributed by atoms with E-state index in [9.17, 15) is 10.1 Å². The minimum atomic E-state index is -0.448. The molecule has 0 unspecified atom stereocenters. The van der Waals surface area contributed by atoms with Gasteiger partial charge in [0.15, 0.2) is 0 Å². The molecule has 7 nitrogen and oxygen atoms in total. The second-order valence-electron chi connectivity index (χ2n) is 4.82. The highest BCUT2D eigenvalue weighted by Crippen LogP contribution is 2.29. The smallest absolute Gasteiger partial charge is 0.358 e. The molecule has 0 saturated carbocycles. The molecule has 21 heavy (non-hydrogen) atoms. The Kier molecular flexibility index (Phi) is 4.54. The summed E-state index contributed by atoms with van der Waals surface area (Å²) in [5, 5.41) is 11.2. The van der Waals surface area contributed by atoms with Gasteiger partial charge in [0, 0.05) is 33.6 Å². The summed E-state index contributed by atoms with van der Waals surface area (Å²) in [6.45, 7) is 3.24. The van der Waals surface area contributed by atoms with Crippen LogP contribution in [0.3, 0.4) is 0 Å². The van der Waals surface area contributed by atoms with E-state index in [0.29, 0.717) is 31.3 Å². The van der Waals surface area contributed by atoms with Crippen molar-refractivity contribution in [1.82, 2.24) is 9.55 Å². The van der Waals surface area contributed by atoms with Crippen LogP contribution >= 0.6 is 0 Å². The highest BCUT2D eigenvalue weighted by atomic mass is 16.6. The SMILES string of the molecule is Cc1nc([N+](=O)[O-])c(N(CCN)Cc2ccccc2)n1C. The molecule has 0 saturated heterocycles. The third-order valence-corrected chi connectivity index (χ3v) is 3.36. The Hall–Kier alpha value is -2.41. The maximum Gasteiger partial charge on any atom is 0.406 e. The van der Waals surface area contributed by atoms with E-state index < -0.39 is 4.92 Å². The summed E-state index contributed by atoms with van der Waals surface area (Å²) in [4.78, 5) is 16.7. The summed E-state index contributed by atoms with van der Waals surface area (Å²) in [6.07, 6.45) is 0. The molecule has 0 amide bonds. The van der Waals surface area contributed by atoms with E-state index in [1.54, 1.807) is 18.5 Å². The monoisotopic (exact) mass is 289 g/mol. The number of imidazole rings is 1. The quantitative estimate of drug-likeness (QED) is 0.644. The van der Waals surface area contributed by atoms with Crippen molar-refractivity contribution < 1.29 is 4.92 Å². The van der Waals surface area contributed by atoms with Crippen molar-refractivity contribution in [1.29, 1.82) is 0 Å². The zero-order chi connectivity index (χ0) is 15.4. The van der Waals surface area contributed by atoms with Gasteiger partial charge >= 0.3 is 5.82 Å². The zero-order valence-electron chi connectivity index (χ0n) is 12.2. The average molecular weight is 289 g/mol. The molecule has 7 heteroatoms. The van der Waals surface area contributed by atoms with E-state index >= 15 is 0 Å². The van der Waals surface area contributed by atoms with Gasteiger partial charge in [0.05, 0.1) is 0 Å². The Morgan fingerprint density at radius 1 is 1.38 bits per heavy atom. The maximum absolute atomic E-state index is 11.2. The van der Waals surface area contributed by atoms with Crippen molar-refractivity contribution in [2.75, 3.05) is 18.0 Å². The van der Waals surface area contributed by atoms with Crippen molar-refractivity contribution in [2.45, 2.75) is 13.5 Å². The van der Waals surface area contributed by atoms with Crippen LogP contribution in [0.1, 0.15) is 11.4 Å². The first-order valence-electron chi connectivity index (χ1n) is 6.71. The van der Waals surface area contributed by atoms with Crippen LogP contribution < -0.4 is 10.6 Å². The first kappa shape index (κ1) is 15.0. The molecule has 0 atom stereocenters. The van der Waals surface area contributed by atoms with Gasteiger partial charge in [-0.05, 0) is 15.5 Å². The number of nitrogens with zero attached hydrogens (tertiary/aromatic N) is 4. The van der Waals surface area contributed by atoms with Crippen LogP contribution in [0, 0.1) is 17.0 Å². The van der Waals surface area contributed by atoms with Gasteiger partial charge in [0.25, 0.3) is 0 Å². The van der Waals surface area contributed by atoms with Crippen LogP contribution in [0.2, 0.25) is 0 Å². The second kappa shape index (κ2) is 6.36. The van der Waals surface area contributed by atoms with Gasteiger partial charge < -0.3 is 20.7 Å². The van der Waals surface area contributed by atoms with Gasteiger partial charge in [-0.25, -0.2) is 0 Å². The fourth-order valence-electron chi connectivity index (χ4n) is 2.28. The van der Waals surface area contributed by atoms with Crippen LogP contribution in [0.4, 0.5) is 11.6 Å². The number of nitrogens with two attached hydrogens (primary N) is 1. The van der Waals surface area contributed by atoms with Crippen molar-refractivity contribution in [3.8, 4) is 0 Å². The van der Waals surface area contributed by atoms with Crippen LogP contribution in [0.25, 0.3) is 0 Å². The van der Waals surface area contributed by atoms with E-state index in [-0.39, 0.29) is 5.82 Å². The average Bonchev–Trinajstić information content (AvgIpc) is 2.76. The predicted molar refractivity (Wildman–Crippen MR) is 81.1 cm³/mol. The molecule has 2 N–H and O–H groups in total. The van der Waals surface area contributed by atoms with E-state index in [4.69, 9.17) is 5.73 Å². The lowest BCUT2D eigenvalue weighted by atomic mass is 10.2. The fourth-order valence-corrected chi connectivity index (χ4v) is 2.28. The van der Waals surface area contributed by atoms with Crippen molar-refractivity contribution in [3.05, 3.63) is 51.8 Å². The van der Waals surface area contributed by atoms with Crippen molar-refractivity contribution in [2.24, 2.45) is 12.8 Å². The third kappa shape index (κ3) is 3.19. The van der Waals surface area contributed by atoms with Gasteiger partial charge in [-0.1, -0.05) is 30.3 Å². The number of rotatable bonds is 6. The van der Waals surface area contributed by atoms with E-state index in [2.05, 4.69) is 4.98 Å². The molecule has 2 aromatic rings. The minimum absolute atomic E-state index is 0.126. The van der Waals surface area contributed by atoms with Gasteiger partial charge in [-0.3, -0.25) is 4.57 Å².